The normalized spacial score (nSPS) is 16.2. The van der Waals surface area contributed by atoms with Crippen molar-refractivity contribution in [1.82, 2.24) is 20.4 Å². The molecule has 1 heterocycles. The summed E-state index contributed by atoms with van der Waals surface area (Å²) < 4.78 is 0. The van der Waals surface area contributed by atoms with E-state index in [0.29, 0.717) is 12.1 Å². The van der Waals surface area contributed by atoms with E-state index in [1.165, 1.54) is 5.56 Å². The van der Waals surface area contributed by atoms with Gasteiger partial charge in [-0.15, -0.1) is 0 Å². The molecule has 1 aliphatic heterocycles. The van der Waals surface area contributed by atoms with Gasteiger partial charge in [0.25, 0.3) is 5.91 Å². The SMILES string of the molecule is CC(NC(=O)c1ccccc1)C(=O)NCCN1CCN(Cc2ccccc2)CC1. The summed E-state index contributed by atoms with van der Waals surface area (Å²) in [6.07, 6.45) is 0. The van der Waals surface area contributed by atoms with Crippen LogP contribution in [0.1, 0.15) is 22.8 Å². The molecule has 29 heavy (non-hydrogen) atoms. The van der Waals surface area contributed by atoms with Crippen molar-refractivity contribution in [3.63, 3.8) is 0 Å². The Labute approximate surface area is 172 Å². The molecule has 2 aromatic rings. The smallest absolute Gasteiger partial charge is 0.251 e. The van der Waals surface area contributed by atoms with Crippen LogP contribution in [-0.4, -0.2) is 66.9 Å². The molecule has 1 fully saturated rings. The van der Waals surface area contributed by atoms with E-state index in [1.54, 1.807) is 31.2 Å². The number of carbonyl (C=O) groups is 2. The third-order valence-electron chi connectivity index (χ3n) is 5.22. The Morgan fingerprint density at radius 1 is 0.897 bits per heavy atom. The molecule has 0 radical (unpaired) electrons. The number of hydrogen-bond donors (Lipinski definition) is 2. The lowest BCUT2D eigenvalue weighted by Gasteiger charge is -2.34. The van der Waals surface area contributed by atoms with Gasteiger partial charge in [-0.25, -0.2) is 0 Å². The van der Waals surface area contributed by atoms with Gasteiger partial charge in [0.15, 0.2) is 0 Å². The van der Waals surface area contributed by atoms with Crippen LogP contribution >= 0.6 is 0 Å². The number of nitrogens with one attached hydrogen (secondary N) is 2. The molecule has 2 amide bonds. The highest BCUT2D eigenvalue weighted by Gasteiger charge is 2.19. The van der Waals surface area contributed by atoms with Crippen LogP contribution in [0.2, 0.25) is 0 Å². The molecule has 0 saturated carbocycles. The van der Waals surface area contributed by atoms with E-state index in [2.05, 4.69) is 44.7 Å². The number of nitrogens with zero attached hydrogens (tertiary/aromatic N) is 2. The molecule has 1 aliphatic rings. The minimum absolute atomic E-state index is 0.156. The van der Waals surface area contributed by atoms with Gasteiger partial charge in [-0.05, 0) is 24.6 Å². The summed E-state index contributed by atoms with van der Waals surface area (Å²) in [5, 5.41) is 5.67. The van der Waals surface area contributed by atoms with E-state index < -0.39 is 6.04 Å². The Morgan fingerprint density at radius 2 is 1.48 bits per heavy atom. The highest BCUT2D eigenvalue weighted by molar-refractivity contribution is 5.97. The van der Waals surface area contributed by atoms with Gasteiger partial charge in [-0.2, -0.15) is 0 Å². The van der Waals surface area contributed by atoms with Crippen molar-refractivity contribution in [1.29, 1.82) is 0 Å². The summed E-state index contributed by atoms with van der Waals surface area (Å²) in [7, 11) is 0. The van der Waals surface area contributed by atoms with Gasteiger partial charge in [-0.3, -0.25) is 19.4 Å². The van der Waals surface area contributed by atoms with E-state index in [4.69, 9.17) is 0 Å². The van der Waals surface area contributed by atoms with E-state index >= 15 is 0 Å². The molecule has 3 rings (SSSR count). The Morgan fingerprint density at radius 3 is 2.14 bits per heavy atom. The number of benzene rings is 2. The predicted octanol–water partition coefficient (Wildman–Crippen LogP) is 1.74. The maximum absolute atomic E-state index is 12.3. The zero-order chi connectivity index (χ0) is 20.5. The van der Waals surface area contributed by atoms with Crippen LogP contribution in [0.4, 0.5) is 0 Å². The van der Waals surface area contributed by atoms with Gasteiger partial charge in [0.1, 0.15) is 6.04 Å². The third kappa shape index (κ3) is 6.69. The molecule has 0 aliphatic carbocycles. The van der Waals surface area contributed by atoms with Crippen LogP contribution in [-0.2, 0) is 11.3 Å². The van der Waals surface area contributed by atoms with E-state index in [0.717, 1.165) is 39.3 Å². The molecule has 6 nitrogen and oxygen atoms in total. The Hall–Kier alpha value is -2.70. The second-order valence-corrected chi connectivity index (χ2v) is 7.46. The molecule has 0 aromatic heterocycles. The monoisotopic (exact) mass is 394 g/mol. The first-order valence-electron chi connectivity index (χ1n) is 10.2. The number of carbonyl (C=O) groups excluding carboxylic acids is 2. The Bertz CT molecular complexity index is 774. The van der Waals surface area contributed by atoms with Gasteiger partial charge >= 0.3 is 0 Å². The minimum atomic E-state index is -0.564. The quantitative estimate of drug-likeness (QED) is 0.716. The zero-order valence-corrected chi connectivity index (χ0v) is 17.0. The molecule has 6 heteroatoms. The van der Waals surface area contributed by atoms with Crippen LogP contribution in [0.25, 0.3) is 0 Å². The van der Waals surface area contributed by atoms with Crippen LogP contribution in [0.5, 0.6) is 0 Å². The number of amides is 2. The number of piperazine rings is 1. The molecular formula is C23H30N4O2. The van der Waals surface area contributed by atoms with Crippen molar-refractivity contribution in [3.8, 4) is 0 Å². The molecule has 0 bridgehead atoms. The molecule has 2 N–H and O–H groups in total. The summed E-state index contributed by atoms with van der Waals surface area (Å²) in [4.78, 5) is 29.2. The first kappa shape index (κ1) is 21.0. The van der Waals surface area contributed by atoms with E-state index in [9.17, 15) is 9.59 Å². The van der Waals surface area contributed by atoms with Crippen LogP contribution < -0.4 is 10.6 Å². The highest BCUT2D eigenvalue weighted by Crippen LogP contribution is 2.08. The van der Waals surface area contributed by atoms with Gasteiger partial charge in [0, 0.05) is 51.4 Å². The molecule has 2 aromatic carbocycles. The average Bonchev–Trinajstić information content (AvgIpc) is 2.76. The maximum Gasteiger partial charge on any atom is 0.251 e. The second-order valence-electron chi connectivity index (χ2n) is 7.46. The second kappa shape index (κ2) is 10.7. The maximum atomic E-state index is 12.3. The first-order valence-corrected chi connectivity index (χ1v) is 10.2. The van der Waals surface area contributed by atoms with Crippen molar-refractivity contribution in [3.05, 3.63) is 71.8 Å². The molecule has 0 spiro atoms. The van der Waals surface area contributed by atoms with Crippen molar-refractivity contribution in [2.75, 3.05) is 39.3 Å². The lowest BCUT2D eigenvalue weighted by molar-refractivity contribution is -0.122. The van der Waals surface area contributed by atoms with Crippen LogP contribution in [0.15, 0.2) is 60.7 Å². The van der Waals surface area contributed by atoms with Gasteiger partial charge in [-0.1, -0.05) is 48.5 Å². The Kier molecular flexibility index (Phi) is 7.78. The average molecular weight is 395 g/mol. The van der Waals surface area contributed by atoms with E-state index in [-0.39, 0.29) is 11.8 Å². The summed E-state index contributed by atoms with van der Waals surface area (Å²) in [6, 6.07) is 18.9. The van der Waals surface area contributed by atoms with Crippen molar-refractivity contribution >= 4 is 11.8 Å². The summed E-state index contributed by atoms with van der Waals surface area (Å²) >= 11 is 0. The fourth-order valence-corrected chi connectivity index (χ4v) is 3.44. The van der Waals surface area contributed by atoms with Crippen molar-refractivity contribution in [2.45, 2.75) is 19.5 Å². The highest BCUT2D eigenvalue weighted by atomic mass is 16.2. The number of rotatable bonds is 8. The fourth-order valence-electron chi connectivity index (χ4n) is 3.44. The molecule has 1 atom stereocenters. The van der Waals surface area contributed by atoms with Crippen LogP contribution in [0, 0.1) is 0 Å². The largest absolute Gasteiger partial charge is 0.353 e. The lowest BCUT2D eigenvalue weighted by atomic mass is 10.2. The molecule has 1 unspecified atom stereocenters. The molecular weight excluding hydrogens is 364 g/mol. The third-order valence-corrected chi connectivity index (χ3v) is 5.22. The van der Waals surface area contributed by atoms with Gasteiger partial charge in [0.05, 0.1) is 0 Å². The van der Waals surface area contributed by atoms with Crippen molar-refractivity contribution in [2.24, 2.45) is 0 Å². The first-order chi connectivity index (χ1) is 14.1. The lowest BCUT2D eigenvalue weighted by Crippen LogP contribution is -2.50. The summed E-state index contributed by atoms with van der Waals surface area (Å²) in [5.74, 6) is -0.389. The number of hydrogen-bond acceptors (Lipinski definition) is 4. The zero-order valence-electron chi connectivity index (χ0n) is 17.0. The van der Waals surface area contributed by atoms with Gasteiger partial charge < -0.3 is 10.6 Å². The standard InChI is InChI=1S/C23H30N4O2/c1-19(25-23(29)21-10-6-3-7-11-21)22(28)24-12-13-26-14-16-27(17-15-26)18-20-8-4-2-5-9-20/h2-11,19H,12-18H2,1H3,(H,24,28)(H,25,29). The van der Waals surface area contributed by atoms with E-state index in [1.807, 2.05) is 12.1 Å². The van der Waals surface area contributed by atoms with Crippen molar-refractivity contribution < 1.29 is 9.59 Å². The van der Waals surface area contributed by atoms with Crippen LogP contribution in [0.3, 0.4) is 0 Å². The Balaban J connectivity index is 1.32. The fraction of sp³-hybridized carbons (Fsp3) is 0.391. The topological polar surface area (TPSA) is 64.7 Å². The minimum Gasteiger partial charge on any atom is -0.353 e. The predicted molar refractivity (Wildman–Crippen MR) is 115 cm³/mol. The molecule has 154 valence electrons. The summed E-state index contributed by atoms with van der Waals surface area (Å²) in [5.41, 5.74) is 1.90. The van der Waals surface area contributed by atoms with Gasteiger partial charge in [0.2, 0.25) is 5.91 Å². The summed E-state index contributed by atoms with van der Waals surface area (Å²) in [6.45, 7) is 8.18. The molecule has 1 saturated heterocycles.